The summed E-state index contributed by atoms with van der Waals surface area (Å²) in [5.74, 6) is 7.48. The molecule has 0 radical (unpaired) electrons. The Bertz CT molecular complexity index is 743. The predicted octanol–water partition coefficient (Wildman–Crippen LogP) is 2.62. The van der Waals surface area contributed by atoms with Crippen LogP contribution in [0.15, 0.2) is 42.7 Å². The second-order valence-corrected chi connectivity index (χ2v) is 4.58. The molecular weight excluding hydrogens is 264 g/mol. The summed E-state index contributed by atoms with van der Waals surface area (Å²) in [5, 5.41) is 5.48. The van der Waals surface area contributed by atoms with E-state index >= 15 is 0 Å². The lowest BCUT2D eigenvalue weighted by Crippen LogP contribution is -2.11. The van der Waals surface area contributed by atoms with Crippen LogP contribution in [0.5, 0.6) is 0 Å². The van der Waals surface area contributed by atoms with Crippen LogP contribution in [0.2, 0.25) is 0 Å². The number of aryl methyl sites for hydroxylation is 1. The number of benzene rings is 1. The minimum absolute atomic E-state index is 0.589. The van der Waals surface area contributed by atoms with E-state index < -0.39 is 0 Å². The molecule has 0 atom stereocenters. The van der Waals surface area contributed by atoms with E-state index in [-0.39, 0.29) is 0 Å². The maximum absolute atomic E-state index is 5.45. The summed E-state index contributed by atoms with van der Waals surface area (Å²) < 4.78 is 0. The number of nitrogens with zero attached hydrogens (tertiary/aromatic N) is 3. The number of fused-ring (bicyclic) bond motifs is 1. The average Bonchev–Trinajstić information content (AvgIpc) is 2.55. The number of hydrogen-bond donors (Lipinski definition) is 3. The van der Waals surface area contributed by atoms with E-state index in [0.29, 0.717) is 11.6 Å². The predicted molar refractivity (Wildman–Crippen MR) is 84.2 cm³/mol. The van der Waals surface area contributed by atoms with Crippen molar-refractivity contribution in [2.45, 2.75) is 13.3 Å². The lowest BCUT2D eigenvalue weighted by molar-refractivity contribution is 0.941. The van der Waals surface area contributed by atoms with Crippen molar-refractivity contribution in [3.05, 3.63) is 48.5 Å². The van der Waals surface area contributed by atoms with E-state index in [1.807, 2.05) is 37.4 Å². The van der Waals surface area contributed by atoms with Crippen LogP contribution in [0.3, 0.4) is 0 Å². The summed E-state index contributed by atoms with van der Waals surface area (Å²) >= 11 is 0. The molecule has 6 heteroatoms. The molecule has 3 rings (SSSR count). The maximum atomic E-state index is 5.45. The first-order valence-corrected chi connectivity index (χ1v) is 6.74. The van der Waals surface area contributed by atoms with Gasteiger partial charge < -0.3 is 10.7 Å². The summed E-state index contributed by atoms with van der Waals surface area (Å²) in [6, 6.07) is 9.76. The van der Waals surface area contributed by atoms with Crippen LogP contribution in [-0.2, 0) is 6.42 Å². The fourth-order valence-corrected chi connectivity index (χ4v) is 2.16. The van der Waals surface area contributed by atoms with Gasteiger partial charge in [-0.05, 0) is 12.1 Å². The standard InChI is InChI=1S/C15H16N6/c1-2-13-19-14(8-15(20-13)21-16)18-12-5-3-4-10-9-17-7-6-11(10)12/h3-9H,2,16H2,1H3,(H2,18,19,20,21). The highest BCUT2D eigenvalue weighted by Gasteiger charge is 2.05. The van der Waals surface area contributed by atoms with E-state index in [2.05, 4.69) is 25.7 Å². The van der Waals surface area contributed by atoms with Crippen LogP contribution in [0.25, 0.3) is 10.8 Å². The van der Waals surface area contributed by atoms with Crippen LogP contribution in [-0.4, -0.2) is 15.0 Å². The molecule has 0 unspecified atom stereocenters. The Balaban J connectivity index is 2.02. The van der Waals surface area contributed by atoms with E-state index in [4.69, 9.17) is 5.84 Å². The molecule has 0 fully saturated rings. The molecule has 1 aromatic carbocycles. The number of nitrogen functional groups attached to an aromatic ring is 1. The molecule has 2 aromatic heterocycles. The summed E-state index contributed by atoms with van der Waals surface area (Å²) in [6.45, 7) is 2.00. The van der Waals surface area contributed by atoms with Crippen molar-refractivity contribution in [3.8, 4) is 0 Å². The quantitative estimate of drug-likeness (QED) is 0.503. The molecule has 0 saturated heterocycles. The highest BCUT2D eigenvalue weighted by Crippen LogP contribution is 2.25. The van der Waals surface area contributed by atoms with Gasteiger partial charge in [0.25, 0.3) is 0 Å². The number of hydrogen-bond acceptors (Lipinski definition) is 6. The van der Waals surface area contributed by atoms with Crippen molar-refractivity contribution in [1.29, 1.82) is 0 Å². The van der Waals surface area contributed by atoms with Gasteiger partial charge in [-0.2, -0.15) is 0 Å². The number of rotatable bonds is 4. The minimum Gasteiger partial charge on any atom is -0.340 e. The third-order valence-electron chi connectivity index (χ3n) is 3.18. The Kier molecular flexibility index (Phi) is 3.61. The maximum Gasteiger partial charge on any atom is 0.145 e. The Morgan fingerprint density at radius 1 is 1.14 bits per heavy atom. The fraction of sp³-hybridized carbons (Fsp3) is 0.133. The molecule has 0 aliphatic rings. The second kappa shape index (κ2) is 5.72. The Morgan fingerprint density at radius 3 is 2.81 bits per heavy atom. The third-order valence-corrected chi connectivity index (χ3v) is 3.18. The van der Waals surface area contributed by atoms with Crippen LogP contribution in [0.1, 0.15) is 12.7 Å². The van der Waals surface area contributed by atoms with Crippen molar-refractivity contribution in [2.75, 3.05) is 10.7 Å². The SMILES string of the molecule is CCc1nc(NN)cc(Nc2cccc3cnccc23)n1. The molecule has 0 amide bonds. The van der Waals surface area contributed by atoms with Crippen molar-refractivity contribution in [3.63, 3.8) is 0 Å². The molecule has 0 aliphatic heterocycles. The summed E-state index contributed by atoms with van der Waals surface area (Å²) in [6.07, 6.45) is 4.35. The lowest BCUT2D eigenvalue weighted by atomic mass is 10.1. The third kappa shape index (κ3) is 2.75. The summed E-state index contributed by atoms with van der Waals surface area (Å²) in [4.78, 5) is 12.9. The number of aromatic nitrogens is 3. The topological polar surface area (TPSA) is 88.8 Å². The second-order valence-electron chi connectivity index (χ2n) is 4.58. The van der Waals surface area contributed by atoms with Crippen LogP contribution in [0, 0.1) is 0 Å². The van der Waals surface area contributed by atoms with Crippen LogP contribution >= 0.6 is 0 Å². The molecular formula is C15H16N6. The number of nitrogens with one attached hydrogen (secondary N) is 2. The van der Waals surface area contributed by atoms with E-state index in [0.717, 1.165) is 28.7 Å². The molecule has 21 heavy (non-hydrogen) atoms. The molecule has 4 N–H and O–H groups in total. The van der Waals surface area contributed by atoms with Gasteiger partial charge in [-0.25, -0.2) is 15.8 Å². The van der Waals surface area contributed by atoms with Gasteiger partial charge in [0.15, 0.2) is 0 Å². The number of pyridine rings is 1. The lowest BCUT2D eigenvalue weighted by Gasteiger charge is -2.11. The molecule has 0 bridgehead atoms. The average molecular weight is 280 g/mol. The highest BCUT2D eigenvalue weighted by molar-refractivity contribution is 5.94. The largest absolute Gasteiger partial charge is 0.340 e. The first kappa shape index (κ1) is 13.3. The molecule has 0 spiro atoms. The number of nitrogens with two attached hydrogens (primary N) is 1. The number of anilines is 3. The normalized spacial score (nSPS) is 10.6. The van der Waals surface area contributed by atoms with Crippen molar-refractivity contribution >= 4 is 28.1 Å². The van der Waals surface area contributed by atoms with Crippen LogP contribution in [0.4, 0.5) is 17.3 Å². The zero-order chi connectivity index (χ0) is 14.7. The van der Waals surface area contributed by atoms with Crippen LogP contribution < -0.4 is 16.6 Å². The van der Waals surface area contributed by atoms with Crippen molar-refractivity contribution in [1.82, 2.24) is 15.0 Å². The molecule has 2 heterocycles. The molecule has 0 aliphatic carbocycles. The van der Waals surface area contributed by atoms with Gasteiger partial charge in [-0.1, -0.05) is 19.1 Å². The van der Waals surface area contributed by atoms with E-state index in [9.17, 15) is 0 Å². The van der Waals surface area contributed by atoms with Gasteiger partial charge in [0, 0.05) is 41.3 Å². The first-order valence-electron chi connectivity index (χ1n) is 6.74. The van der Waals surface area contributed by atoms with Crippen molar-refractivity contribution < 1.29 is 0 Å². The van der Waals surface area contributed by atoms with Crippen molar-refractivity contribution in [2.24, 2.45) is 5.84 Å². The number of hydrazine groups is 1. The molecule has 0 saturated carbocycles. The van der Waals surface area contributed by atoms with Gasteiger partial charge >= 0.3 is 0 Å². The van der Waals surface area contributed by atoms with Gasteiger partial charge in [-0.3, -0.25) is 4.98 Å². The fourth-order valence-electron chi connectivity index (χ4n) is 2.16. The zero-order valence-corrected chi connectivity index (χ0v) is 11.7. The van der Waals surface area contributed by atoms with Gasteiger partial charge in [0.1, 0.15) is 17.5 Å². The Morgan fingerprint density at radius 2 is 2.00 bits per heavy atom. The van der Waals surface area contributed by atoms with E-state index in [1.165, 1.54) is 0 Å². The smallest absolute Gasteiger partial charge is 0.145 e. The molecule has 6 nitrogen and oxygen atoms in total. The summed E-state index contributed by atoms with van der Waals surface area (Å²) in [7, 11) is 0. The van der Waals surface area contributed by atoms with Gasteiger partial charge in [0.2, 0.25) is 0 Å². The molecule has 3 aromatic rings. The summed E-state index contributed by atoms with van der Waals surface area (Å²) in [5.41, 5.74) is 3.53. The first-order chi connectivity index (χ1) is 10.3. The monoisotopic (exact) mass is 280 g/mol. The van der Waals surface area contributed by atoms with Gasteiger partial charge in [-0.15, -0.1) is 0 Å². The zero-order valence-electron chi connectivity index (χ0n) is 11.7. The van der Waals surface area contributed by atoms with Gasteiger partial charge in [0.05, 0.1) is 0 Å². The minimum atomic E-state index is 0.589. The Hall–Kier alpha value is -2.73. The molecule has 106 valence electrons. The van der Waals surface area contributed by atoms with E-state index in [1.54, 1.807) is 12.3 Å². The Labute approximate surface area is 122 Å². The highest BCUT2D eigenvalue weighted by atomic mass is 15.3.